The quantitative estimate of drug-likeness (QED) is 0.486. The van der Waals surface area contributed by atoms with Gasteiger partial charge in [-0.25, -0.2) is 14.5 Å². The summed E-state index contributed by atoms with van der Waals surface area (Å²) in [6, 6.07) is 24.7. The first kappa shape index (κ1) is 22.5. The van der Waals surface area contributed by atoms with E-state index >= 15 is 0 Å². The lowest BCUT2D eigenvalue weighted by molar-refractivity contribution is -0.493. The smallest absolute Gasteiger partial charge is 0.135 e. The molecule has 0 N–H and O–H groups in total. The third-order valence-corrected chi connectivity index (χ3v) is 4.58. The van der Waals surface area contributed by atoms with Crippen molar-refractivity contribution in [2.24, 2.45) is 0 Å². The Kier molecular flexibility index (Phi) is 8.16. The van der Waals surface area contributed by atoms with Crippen LogP contribution in [0.5, 0.6) is 11.5 Å². The maximum absolute atomic E-state index is 8.89. The summed E-state index contributed by atoms with van der Waals surface area (Å²) in [5.41, 5.74) is 3.64. The van der Waals surface area contributed by atoms with E-state index in [1.54, 1.807) is 24.3 Å². The lowest BCUT2D eigenvalue weighted by Gasteiger charge is -2.15. The van der Waals surface area contributed by atoms with Gasteiger partial charge in [0.25, 0.3) is 0 Å². The second kappa shape index (κ2) is 11.3. The van der Waals surface area contributed by atoms with Gasteiger partial charge >= 0.3 is 0 Å². The maximum atomic E-state index is 8.89. The summed E-state index contributed by atoms with van der Waals surface area (Å²) in [6.45, 7) is 6.67. The van der Waals surface area contributed by atoms with E-state index in [1.807, 2.05) is 69.3 Å². The van der Waals surface area contributed by atoms with Crippen LogP contribution in [0.15, 0.2) is 72.8 Å². The number of nitrogens with zero attached hydrogens (tertiary/aromatic N) is 2. The SMILES string of the molecule is CC.Cc1ccc(Oc2ccc(C#N)cc2)cc1CON1OCC(c2ccccc2)O1. The molecule has 0 radical (unpaired) electrons. The van der Waals surface area contributed by atoms with E-state index in [9.17, 15) is 0 Å². The number of hydrogen-bond acceptors (Lipinski definition) is 6. The lowest BCUT2D eigenvalue weighted by Crippen LogP contribution is -2.17. The number of benzene rings is 3. The van der Waals surface area contributed by atoms with Crippen molar-refractivity contribution in [3.8, 4) is 17.6 Å². The van der Waals surface area contributed by atoms with Gasteiger partial charge in [-0.15, -0.1) is 0 Å². The number of rotatable bonds is 6. The second-order valence-corrected chi connectivity index (χ2v) is 6.62. The molecule has 0 spiro atoms. The molecule has 0 bridgehead atoms. The van der Waals surface area contributed by atoms with Crippen molar-refractivity contribution in [3.63, 3.8) is 0 Å². The van der Waals surface area contributed by atoms with Crippen molar-refractivity contribution in [2.45, 2.75) is 33.5 Å². The normalized spacial score (nSPS) is 15.6. The third kappa shape index (κ3) is 6.14. The zero-order valence-electron chi connectivity index (χ0n) is 17.9. The minimum atomic E-state index is -0.191. The Morgan fingerprint density at radius 2 is 1.71 bits per heavy atom. The summed E-state index contributed by atoms with van der Waals surface area (Å²) in [7, 11) is 0. The van der Waals surface area contributed by atoms with Crippen LogP contribution in [0, 0.1) is 18.3 Å². The van der Waals surface area contributed by atoms with E-state index < -0.39 is 0 Å². The van der Waals surface area contributed by atoms with Crippen LogP contribution in [0.4, 0.5) is 0 Å². The molecule has 3 aromatic carbocycles. The largest absolute Gasteiger partial charge is 0.457 e. The molecule has 6 heteroatoms. The predicted octanol–water partition coefficient (Wildman–Crippen LogP) is 6.04. The first-order valence-electron chi connectivity index (χ1n) is 10.3. The molecule has 1 atom stereocenters. The molecule has 1 unspecified atom stereocenters. The van der Waals surface area contributed by atoms with E-state index in [0.29, 0.717) is 23.7 Å². The highest BCUT2D eigenvalue weighted by Crippen LogP contribution is 2.28. The number of aryl methyl sites for hydroxylation is 1. The first-order valence-corrected chi connectivity index (χ1v) is 10.3. The third-order valence-electron chi connectivity index (χ3n) is 4.58. The predicted molar refractivity (Wildman–Crippen MR) is 117 cm³/mol. The van der Waals surface area contributed by atoms with Crippen molar-refractivity contribution in [1.82, 2.24) is 5.39 Å². The fourth-order valence-corrected chi connectivity index (χ4v) is 2.91. The summed E-state index contributed by atoms with van der Waals surface area (Å²) < 4.78 is 5.88. The molecule has 1 saturated heterocycles. The molecule has 6 nitrogen and oxygen atoms in total. The van der Waals surface area contributed by atoms with Crippen LogP contribution in [0.3, 0.4) is 0 Å². The molecule has 1 fully saturated rings. The van der Waals surface area contributed by atoms with Gasteiger partial charge in [0.1, 0.15) is 24.2 Å². The van der Waals surface area contributed by atoms with Crippen molar-refractivity contribution in [1.29, 1.82) is 5.26 Å². The Labute approximate surface area is 183 Å². The zero-order chi connectivity index (χ0) is 22.1. The lowest BCUT2D eigenvalue weighted by atomic mass is 10.1. The molecule has 0 aliphatic carbocycles. The van der Waals surface area contributed by atoms with E-state index in [2.05, 4.69) is 6.07 Å². The summed E-state index contributed by atoms with van der Waals surface area (Å²) in [5, 5.41) is 9.96. The minimum Gasteiger partial charge on any atom is -0.457 e. The minimum absolute atomic E-state index is 0.191. The maximum Gasteiger partial charge on any atom is 0.135 e. The van der Waals surface area contributed by atoms with Gasteiger partial charge in [-0.1, -0.05) is 50.2 Å². The molecule has 4 rings (SSSR count). The van der Waals surface area contributed by atoms with Gasteiger partial charge in [-0.3, -0.25) is 0 Å². The Bertz CT molecular complexity index is 1000. The summed E-state index contributed by atoms with van der Waals surface area (Å²) >= 11 is 0. The topological polar surface area (TPSA) is 64.0 Å². The van der Waals surface area contributed by atoms with E-state index in [-0.39, 0.29) is 12.7 Å². The average molecular weight is 418 g/mol. The Morgan fingerprint density at radius 1 is 1.00 bits per heavy atom. The molecule has 31 heavy (non-hydrogen) atoms. The number of ether oxygens (including phenoxy) is 1. The van der Waals surface area contributed by atoms with Crippen LogP contribution in [0.1, 0.15) is 42.2 Å². The highest BCUT2D eigenvalue weighted by atomic mass is 17.2. The van der Waals surface area contributed by atoms with E-state index in [4.69, 9.17) is 24.5 Å². The highest BCUT2D eigenvalue weighted by molar-refractivity contribution is 5.40. The molecule has 0 amide bonds. The molecule has 160 valence electrons. The molecule has 1 aliphatic rings. The first-order chi connectivity index (χ1) is 15.2. The van der Waals surface area contributed by atoms with E-state index in [1.165, 1.54) is 0 Å². The molecule has 0 aromatic heterocycles. The van der Waals surface area contributed by atoms with Gasteiger partial charge in [0.05, 0.1) is 23.6 Å². The molecule has 0 saturated carbocycles. The molecule has 1 heterocycles. The summed E-state index contributed by atoms with van der Waals surface area (Å²) in [6.07, 6.45) is -0.191. The fraction of sp³-hybridized carbons (Fsp3) is 0.240. The van der Waals surface area contributed by atoms with Crippen LogP contribution in [0.2, 0.25) is 0 Å². The number of hydrogen-bond donors (Lipinski definition) is 0. The van der Waals surface area contributed by atoms with Crippen molar-refractivity contribution in [2.75, 3.05) is 6.61 Å². The fourth-order valence-electron chi connectivity index (χ4n) is 2.91. The monoisotopic (exact) mass is 418 g/mol. The summed E-state index contributed by atoms with van der Waals surface area (Å²) in [4.78, 5) is 16.8. The van der Waals surface area contributed by atoms with Crippen LogP contribution in [-0.2, 0) is 21.1 Å². The van der Waals surface area contributed by atoms with E-state index in [0.717, 1.165) is 22.1 Å². The average Bonchev–Trinajstić information content (AvgIpc) is 3.31. The van der Waals surface area contributed by atoms with Gasteiger partial charge in [0.15, 0.2) is 0 Å². The van der Waals surface area contributed by atoms with Gasteiger partial charge < -0.3 is 4.74 Å². The van der Waals surface area contributed by atoms with Crippen LogP contribution < -0.4 is 4.74 Å². The van der Waals surface area contributed by atoms with Crippen molar-refractivity contribution in [3.05, 3.63) is 95.1 Å². The Balaban J connectivity index is 0.00000132. The van der Waals surface area contributed by atoms with Crippen LogP contribution >= 0.6 is 0 Å². The van der Waals surface area contributed by atoms with Crippen LogP contribution in [-0.4, -0.2) is 12.0 Å². The molecule has 1 aliphatic heterocycles. The second-order valence-electron chi connectivity index (χ2n) is 6.62. The Morgan fingerprint density at radius 3 is 2.42 bits per heavy atom. The molecule has 3 aromatic rings. The zero-order valence-corrected chi connectivity index (χ0v) is 17.9. The standard InChI is InChI=1S/C23H20N2O4.C2H6/c1-17-7-10-22(28-21-11-8-18(14-24)9-12-21)13-20(17)15-26-25-27-16-23(29-25)19-5-3-2-4-6-19;1-2/h2-13,23H,15-16H2,1H3;1-2H3. The Hall–Kier alpha value is -3.21. The van der Waals surface area contributed by atoms with Crippen molar-refractivity contribution >= 4 is 0 Å². The van der Waals surface area contributed by atoms with Crippen LogP contribution in [0.25, 0.3) is 0 Å². The van der Waals surface area contributed by atoms with Crippen molar-refractivity contribution < 1.29 is 19.2 Å². The van der Waals surface area contributed by atoms with Gasteiger partial charge in [0.2, 0.25) is 0 Å². The highest BCUT2D eigenvalue weighted by Gasteiger charge is 2.27. The van der Waals surface area contributed by atoms with Gasteiger partial charge in [-0.05, 0) is 60.0 Å². The molecular formula is C25H26N2O4. The van der Waals surface area contributed by atoms with Gasteiger partial charge in [0, 0.05) is 0 Å². The van der Waals surface area contributed by atoms with Gasteiger partial charge in [-0.2, -0.15) is 5.26 Å². The number of nitriles is 1. The molecular weight excluding hydrogens is 392 g/mol. The summed E-state index contributed by atoms with van der Waals surface area (Å²) in [5.74, 6) is 1.35.